The van der Waals surface area contributed by atoms with Crippen LogP contribution in [0.2, 0.25) is 5.02 Å². The summed E-state index contributed by atoms with van der Waals surface area (Å²) in [6.45, 7) is 2.51. The maximum absolute atomic E-state index is 6.06. The minimum atomic E-state index is 0.426. The molecule has 0 fully saturated rings. The van der Waals surface area contributed by atoms with Crippen molar-refractivity contribution in [1.82, 2.24) is 14.9 Å². The smallest absolute Gasteiger partial charge is 0.212 e. The van der Waals surface area contributed by atoms with Gasteiger partial charge in [0.25, 0.3) is 0 Å². The molecule has 0 unspecified atom stereocenters. The number of aryl methyl sites for hydroxylation is 1. The third kappa shape index (κ3) is 5.96. The van der Waals surface area contributed by atoms with Crippen LogP contribution in [0.15, 0.2) is 89.4 Å². The second-order valence-corrected chi connectivity index (χ2v) is 8.31. The van der Waals surface area contributed by atoms with Crippen molar-refractivity contribution in [1.29, 1.82) is 0 Å². The zero-order valence-electron chi connectivity index (χ0n) is 17.0. The van der Waals surface area contributed by atoms with Crippen LogP contribution < -0.4 is 4.74 Å². The number of hydrogen-bond acceptors (Lipinski definition) is 5. The molecule has 1 aromatic heterocycles. The van der Waals surface area contributed by atoms with E-state index in [2.05, 4.69) is 46.5 Å². The van der Waals surface area contributed by atoms with Gasteiger partial charge < -0.3 is 4.74 Å². The molecule has 4 rings (SSSR count). The van der Waals surface area contributed by atoms with Gasteiger partial charge >= 0.3 is 0 Å². The number of aromatic nitrogens is 3. The zero-order chi connectivity index (χ0) is 21.5. The fourth-order valence-electron chi connectivity index (χ4n) is 2.86. The largest absolute Gasteiger partial charge is 0.488 e. The quantitative estimate of drug-likeness (QED) is 0.245. The molecule has 0 saturated carbocycles. The molecule has 0 N–H and O–H groups in total. The maximum Gasteiger partial charge on any atom is 0.212 e. The molecule has 0 bridgehead atoms. The van der Waals surface area contributed by atoms with E-state index < -0.39 is 0 Å². The van der Waals surface area contributed by atoms with Gasteiger partial charge in [-0.3, -0.25) is 0 Å². The molecule has 0 aliphatic carbocycles. The van der Waals surface area contributed by atoms with Gasteiger partial charge in [-0.2, -0.15) is 9.78 Å². The maximum atomic E-state index is 6.06. The Labute approximate surface area is 190 Å². The Bertz CT molecular complexity index is 1170. The number of benzene rings is 3. The van der Waals surface area contributed by atoms with Crippen LogP contribution in [0.1, 0.15) is 22.3 Å². The SMILES string of the molecule is Cc1ccc(CSc2nncn2/N=C\c2ccccc2OCc2cccc(Cl)c2)cc1. The molecule has 0 radical (unpaired) electrons. The van der Waals surface area contributed by atoms with Crippen LogP contribution in [0.4, 0.5) is 0 Å². The topological polar surface area (TPSA) is 52.3 Å². The van der Waals surface area contributed by atoms with Crippen molar-refractivity contribution in [2.24, 2.45) is 5.10 Å². The molecule has 7 heteroatoms. The standard InChI is InChI=1S/C24H21ClN4OS/c1-18-9-11-19(12-10-18)16-31-24-28-26-17-29(24)27-14-21-6-2-3-8-23(21)30-15-20-5-4-7-22(25)13-20/h2-14,17H,15-16H2,1H3/b27-14-. The van der Waals surface area contributed by atoms with E-state index in [1.54, 1.807) is 29.0 Å². The lowest BCUT2D eigenvalue weighted by molar-refractivity contribution is 0.306. The lowest BCUT2D eigenvalue weighted by atomic mass is 10.2. The summed E-state index contributed by atoms with van der Waals surface area (Å²) in [6, 6.07) is 23.9. The second-order valence-electron chi connectivity index (χ2n) is 6.93. The Morgan fingerprint density at radius 1 is 1.03 bits per heavy atom. The first-order valence-electron chi connectivity index (χ1n) is 9.76. The van der Waals surface area contributed by atoms with Crippen LogP contribution in [0.3, 0.4) is 0 Å². The van der Waals surface area contributed by atoms with Gasteiger partial charge in [-0.05, 0) is 42.3 Å². The minimum Gasteiger partial charge on any atom is -0.488 e. The van der Waals surface area contributed by atoms with Gasteiger partial charge in [0.05, 0.1) is 6.21 Å². The van der Waals surface area contributed by atoms with E-state index in [-0.39, 0.29) is 0 Å². The Balaban J connectivity index is 1.43. The number of para-hydroxylation sites is 1. The van der Waals surface area contributed by atoms with E-state index in [1.807, 2.05) is 48.5 Å². The highest BCUT2D eigenvalue weighted by atomic mass is 35.5. The molecule has 0 aliphatic rings. The average Bonchev–Trinajstić information content (AvgIpc) is 3.24. The summed E-state index contributed by atoms with van der Waals surface area (Å²) in [7, 11) is 0. The lowest BCUT2D eigenvalue weighted by Crippen LogP contribution is -1.99. The second kappa shape index (κ2) is 10.3. The van der Waals surface area contributed by atoms with Crippen LogP contribution >= 0.6 is 23.4 Å². The lowest BCUT2D eigenvalue weighted by Gasteiger charge is -2.09. The summed E-state index contributed by atoms with van der Waals surface area (Å²) >= 11 is 7.65. The van der Waals surface area contributed by atoms with Gasteiger partial charge in [0.15, 0.2) is 0 Å². The predicted molar refractivity (Wildman–Crippen MR) is 126 cm³/mol. The van der Waals surface area contributed by atoms with E-state index in [9.17, 15) is 0 Å². The van der Waals surface area contributed by atoms with Gasteiger partial charge in [0.1, 0.15) is 18.7 Å². The van der Waals surface area contributed by atoms with Crippen LogP contribution in [-0.2, 0) is 12.4 Å². The van der Waals surface area contributed by atoms with E-state index in [4.69, 9.17) is 16.3 Å². The fraction of sp³-hybridized carbons (Fsp3) is 0.125. The number of ether oxygens (including phenoxy) is 1. The first-order valence-corrected chi connectivity index (χ1v) is 11.1. The third-order valence-corrected chi connectivity index (χ3v) is 5.75. The van der Waals surface area contributed by atoms with E-state index in [1.165, 1.54) is 11.1 Å². The molecule has 156 valence electrons. The van der Waals surface area contributed by atoms with Crippen molar-refractivity contribution >= 4 is 29.6 Å². The van der Waals surface area contributed by atoms with Gasteiger partial charge in [-0.1, -0.05) is 77.5 Å². The fourth-order valence-corrected chi connectivity index (χ4v) is 3.89. The number of thioether (sulfide) groups is 1. The third-order valence-electron chi connectivity index (χ3n) is 4.51. The summed E-state index contributed by atoms with van der Waals surface area (Å²) in [4.78, 5) is 0. The molecule has 3 aromatic carbocycles. The van der Waals surface area contributed by atoms with E-state index >= 15 is 0 Å². The summed E-state index contributed by atoms with van der Waals surface area (Å²) in [5, 5.41) is 14.2. The summed E-state index contributed by atoms with van der Waals surface area (Å²) < 4.78 is 7.67. The zero-order valence-corrected chi connectivity index (χ0v) is 18.6. The highest BCUT2D eigenvalue weighted by Gasteiger charge is 2.06. The number of halogens is 1. The van der Waals surface area contributed by atoms with Gasteiger partial charge in [0.2, 0.25) is 5.16 Å². The Morgan fingerprint density at radius 3 is 2.71 bits per heavy atom. The Kier molecular flexibility index (Phi) is 7.02. The van der Waals surface area contributed by atoms with Gasteiger partial charge in [-0.15, -0.1) is 10.2 Å². The predicted octanol–water partition coefficient (Wildman–Crippen LogP) is 5.99. The minimum absolute atomic E-state index is 0.426. The molecule has 0 aliphatic heterocycles. The highest BCUT2D eigenvalue weighted by molar-refractivity contribution is 7.98. The van der Waals surface area contributed by atoms with E-state index in [0.717, 1.165) is 27.8 Å². The van der Waals surface area contributed by atoms with Gasteiger partial charge in [0, 0.05) is 16.3 Å². The molecule has 0 atom stereocenters. The van der Waals surface area contributed by atoms with Crippen molar-refractivity contribution < 1.29 is 4.74 Å². The van der Waals surface area contributed by atoms with Gasteiger partial charge in [-0.25, -0.2) is 0 Å². The molecule has 4 aromatic rings. The van der Waals surface area contributed by atoms with E-state index in [0.29, 0.717) is 11.6 Å². The Morgan fingerprint density at radius 2 is 1.87 bits per heavy atom. The van der Waals surface area contributed by atoms with Crippen LogP contribution in [0.5, 0.6) is 5.75 Å². The van der Waals surface area contributed by atoms with Crippen LogP contribution in [-0.4, -0.2) is 21.1 Å². The van der Waals surface area contributed by atoms with Crippen molar-refractivity contribution in [3.05, 3.63) is 106 Å². The first-order chi connectivity index (χ1) is 15.2. The Hall–Kier alpha value is -3.09. The molecule has 31 heavy (non-hydrogen) atoms. The summed E-state index contributed by atoms with van der Waals surface area (Å²) in [6.07, 6.45) is 3.36. The monoisotopic (exact) mass is 448 g/mol. The molecular formula is C24H21ClN4OS. The first kappa shape index (κ1) is 21.2. The molecular weight excluding hydrogens is 428 g/mol. The number of hydrogen-bond donors (Lipinski definition) is 0. The van der Waals surface area contributed by atoms with Crippen LogP contribution in [0.25, 0.3) is 0 Å². The molecule has 1 heterocycles. The normalized spacial score (nSPS) is 11.2. The van der Waals surface area contributed by atoms with Crippen molar-refractivity contribution in [2.45, 2.75) is 24.4 Å². The summed E-state index contributed by atoms with van der Waals surface area (Å²) in [5.74, 6) is 1.54. The average molecular weight is 449 g/mol. The highest BCUT2D eigenvalue weighted by Crippen LogP contribution is 2.22. The number of rotatable bonds is 8. The van der Waals surface area contributed by atoms with Crippen molar-refractivity contribution in [3.63, 3.8) is 0 Å². The molecule has 5 nitrogen and oxygen atoms in total. The van der Waals surface area contributed by atoms with Crippen molar-refractivity contribution in [3.8, 4) is 5.75 Å². The molecule has 0 spiro atoms. The molecule has 0 saturated heterocycles. The van der Waals surface area contributed by atoms with Crippen LogP contribution in [0, 0.1) is 6.92 Å². The molecule has 0 amide bonds. The number of nitrogens with zero attached hydrogens (tertiary/aromatic N) is 4. The summed E-state index contributed by atoms with van der Waals surface area (Å²) in [5.41, 5.74) is 4.35. The van der Waals surface area contributed by atoms with Crippen molar-refractivity contribution in [2.75, 3.05) is 0 Å².